The summed E-state index contributed by atoms with van der Waals surface area (Å²) < 4.78 is 63.8. The van der Waals surface area contributed by atoms with Gasteiger partial charge in [0.15, 0.2) is 11.5 Å². The zero-order chi connectivity index (χ0) is 42.4. The third-order valence-electron chi connectivity index (χ3n) is 7.02. The maximum atomic E-state index is 14.0. The predicted octanol–water partition coefficient (Wildman–Crippen LogP) is 6.59. The number of carbonyl (C=O) groups excluding carboxylic acids is 5. The number of hydrogen-bond acceptors (Lipinski definition) is 13. The summed E-state index contributed by atoms with van der Waals surface area (Å²) in [6.45, 7) is 18.9. The SMILES string of the molecule is CC(C)(C)OC(=O)CC(NS(=O)(=O)N(Cc1ccc2c(c1)OC(=O)c1ccc(NC(=O)OC(C)(C)C)cc1CCCO2)C(=O)OC(C)(C)C)C(=O)OC(C)(C)C. The molecule has 0 bridgehead atoms. The highest BCUT2D eigenvalue weighted by Crippen LogP contribution is 2.32. The number of rotatable bonds is 9. The van der Waals surface area contributed by atoms with Gasteiger partial charge in [-0.25, -0.2) is 14.4 Å². The molecule has 0 aliphatic carbocycles. The topological polar surface area (TPSA) is 202 Å². The number of nitrogens with zero attached hydrogens (tertiary/aromatic N) is 1. The van der Waals surface area contributed by atoms with Gasteiger partial charge in [0.2, 0.25) is 0 Å². The molecule has 0 spiro atoms. The first-order valence-electron chi connectivity index (χ1n) is 18.1. The molecule has 2 amide bonds. The predicted molar refractivity (Wildman–Crippen MR) is 205 cm³/mol. The Hall–Kier alpha value is -4.90. The van der Waals surface area contributed by atoms with E-state index in [1.165, 1.54) is 51.1 Å². The van der Waals surface area contributed by atoms with Gasteiger partial charge >= 0.3 is 40.3 Å². The van der Waals surface area contributed by atoms with E-state index in [0.29, 0.717) is 28.4 Å². The number of fused-ring (bicyclic) bond motifs is 2. The third kappa shape index (κ3) is 15.0. The molecule has 1 aliphatic rings. The van der Waals surface area contributed by atoms with Crippen LogP contribution < -0.4 is 19.5 Å². The lowest BCUT2D eigenvalue weighted by atomic mass is 10.0. The highest BCUT2D eigenvalue weighted by Gasteiger charge is 2.39. The van der Waals surface area contributed by atoms with Crippen molar-refractivity contribution in [3.8, 4) is 11.5 Å². The fourth-order valence-electron chi connectivity index (χ4n) is 5.01. The van der Waals surface area contributed by atoms with Crippen LogP contribution in [-0.2, 0) is 51.7 Å². The van der Waals surface area contributed by atoms with Crippen molar-refractivity contribution in [3.63, 3.8) is 0 Å². The molecule has 2 aromatic rings. The van der Waals surface area contributed by atoms with Gasteiger partial charge in [-0.15, -0.1) is 0 Å². The maximum absolute atomic E-state index is 14.0. The van der Waals surface area contributed by atoms with E-state index in [-0.39, 0.29) is 29.2 Å². The molecule has 2 aromatic carbocycles. The van der Waals surface area contributed by atoms with E-state index in [0.717, 1.165) is 0 Å². The summed E-state index contributed by atoms with van der Waals surface area (Å²) in [4.78, 5) is 65.5. The van der Waals surface area contributed by atoms with Crippen molar-refractivity contribution in [2.45, 2.75) is 137 Å². The van der Waals surface area contributed by atoms with Gasteiger partial charge in [-0.3, -0.25) is 14.9 Å². The van der Waals surface area contributed by atoms with Crippen LogP contribution in [0.25, 0.3) is 0 Å². The molecule has 310 valence electrons. The van der Waals surface area contributed by atoms with Crippen molar-refractivity contribution in [2.75, 3.05) is 11.9 Å². The molecule has 0 saturated heterocycles. The fraction of sp³-hybridized carbons (Fsp3) is 0.564. The number of carbonyl (C=O) groups is 5. The van der Waals surface area contributed by atoms with Crippen LogP contribution in [0.4, 0.5) is 15.3 Å². The first-order valence-corrected chi connectivity index (χ1v) is 19.5. The van der Waals surface area contributed by atoms with Crippen LogP contribution in [0.3, 0.4) is 0 Å². The number of esters is 3. The number of ether oxygens (including phenoxy) is 6. The standard InChI is InChI=1S/C39H55N3O13S/c1-36(2,3)52-31(43)22-28(33(45)53-37(4,5)6)41-56(48,49)42(35(47)55-39(10,11)12)23-24-15-18-29-30(20-24)51-32(44)27-17-16-26(21-25(27)14-13-19-50-29)40-34(46)54-38(7,8)9/h15-18,20-21,28,41H,13-14,19,22-23H2,1-12H3,(H,40,46). The Morgan fingerprint density at radius 1 is 0.786 bits per heavy atom. The van der Waals surface area contributed by atoms with E-state index in [1.54, 1.807) is 68.4 Å². The largest absolute Gasteiger partial charge is 0.490 e. The zero-order valence-electron chi connectivity index (χ0n) is 34.2. The smallest absolute Gasteiger partial charge is 0.425 e. The molecular formula is C39H55N3O13S. The number of nitrogens with one attached hydrogen (secondary N) is 2. The van der Waals surface area contributed by atoms with Crippen LogP contribution >= 0.6 is 0 Å². The van der Waals surface area contributed by atoms with Crippen LogP contribution in [0, 0.1) is 0 Å². The summed E-state index contributed by atoms with van der Waals surface area (Å²) in [5, 5.41) is 2.66. The van der Waals surface area contributed by atoms with Gasteiger partial charge in [0.1, 0.15) is 28.4 Å². The van der Waals surface area contributed by atoms with E-state index in [1.807, 2.05) is 0 Å². The minimum atomic E-state index is -4.98. The molecule has 1 aliphatic heterocycles. The van der Waals surface area contributed by atoms with Crippen LogP contribution in [0.1, 0.15) is 117 Å². The Kier molecular flexibility index (Phi) is 14.2. The molecule has 2 N–H and O–H groups in total. The second kappa shape index (κ2) is 17.5. The normalized spacial score (nSPS) is 14.4. The minimum Gasteiger partial charge on any atom is -0.490 e. The summed E-state index contributed by atoms with van der Waals surface area (Å²) in [5.41, 5.74) is -2.51. The molecular weight excluding hydrogens is 751 g/mol. The molecule has 1 atom stereocenters. The Morgan fingerprint density at radius 3 is 1.98 bits per heavy atom. The highest BCUT2D eigenvalue weighted by molar-refractivity contribution is 7.87. The molecule has 0 radical (unpaired) electrons. The Labute approximate surface area is 329 Å². The molecule has 1 unspecified atom stereocenters. The lowest BCUT2D eigenvalue weighted by Crippen LogP contribution is -2.52. The van der Waals surface area contributed by atoms with Gasteiger partial charge in [-0.05, 0) is 137 Å². The summed E-state index contributed by atoms with van der Waals surface area (Å²) in [6.07, 6.45) is -1.82. The van der Waals surface area contributed by atoms with Crippen molar-refractivity contribution in [3.05, 3.63) is 53.1 Å². The summed E-state index contributed by atoms with van der Waals surface area (Å²) in [7, 11) is -4.98. The lowest BCUT2D eigenvalue weighted by molar-refractivity contribution is -0.164. The fourth-order valence-corrected chi connectivity index (χ4v) is 6.23. The summed E-state index contributed by atoms with van der Waals surface area (Å²) in [5.74, 6) is -2.62. The average Bonchev–Trinajstić information content (AvgIpc) is 2.98. The number of benzene rings is 2. The molecule has 0 saturated carbocycles. The van der Waals surface area contributed by atoms with Crippen LogP contribution in [-0.4, -0.2) is 77.9 Å². The summed E-state index contributed by atoms with van der Waals surface area (Å²) in [6, 6.07) is 7.17. The second-order valence-corrected chi connectivity index (χ2v) is 18.7. The van der Waals surface area contributed by atoms with Crippen molar-refractivity contribution in [1.82, 2.24) is 9.03 Å². The Morgan fingerprint density at radius 2 is 1.39 bits per heavy atom. The number of aryl methyl sites for hydroxylation is 1. The molecule has 1 heterocycles. The maximum Gasteiger partial charge on any atom is 0.425 e. The average molecular weight is 806 g/mol. The van der Waals surface area contributed by atoms with Gasteiger partial charge in [-0.2, -0.15) is 17.4 Å². The Bertz CT molecular complexity index is 1900. The van der Waals surface area contributed by atoms with Crippen LogP contribution in [0.5, 0.6) is 11.5 Å². The molecule has 3 rings (SSSR count). The third-order valence-corrected chi connectivity index (χ3v) is 8.46. The molecule has 56 heavy (non-hydrogen) atoms. The molecule has 17 heteroatoms. The van der Waals surface area contributed by atoms with Gasteiger partial charge in [0.05, 0.1) is 25.1 Å². The molecule has 16 nitrogen and oxygen atoms in total. The van der Waals surface area contributed by atoms with Gasteiger partial charge in [0, 0.05) is 5.69 Å². The second-order valence-electron chi connectivity index (χ2n) is 17.1. The Balaban J connectivity index is 1.98. The van der Waals surface area contributed by atoms with Crippen molar-refractivity contribution in [2.24, 2.45) is 0 Å². The number of amides is 2. The molecule has 0 aromatic heterocycles. The van der Waals surface area contributed by atoms with Gasteiger partial charge in [-0.1, -0.05) is 6.07 Å². The van der Waals surface area contributed by atoms with Gasteiger partial charge < -0.3 is 28.4 Å². The van der Waals surface area contributed by atoms with E-state index in [4.69, 9.17) is 28.4 Å². The van der Waals surface area contributed by atoms with E-state index in [9.17, 15) is 32.4 Å². The monoisotopic (exact) mass is 805 g/mol. The zero-order valence-corrected chi connectivity index (χ0v) is 35.1. The first-order chi connectivity index (χ1) is 25.5. The van der Waals surface area contributed by atoms with E-state index < -0.39 is 81.7 Å². The number of hydrogen-bond donors (Lipinski definition) is 2. The minimum absolute atomic E-state index is 0.0673. The van der Waals surface area contributed by atoms with Crippen LogP contribution in [0.2, 0.25) is 0 Å². The van der Waals surface area contributed by atoms with Crippen molar-refractivity contribution >= 4 is 46.0 Å². The lowest BCUT2D eigenvalue weighted by Gasteiger charge is -2.30. The first kappa shape index (κ1) is 45.5. The van der Waals surface area contributed by atoms with Gasteiger partial charge in [0.25, 0.3) is 0 Å². The van der Waals surface area contributed by atoms with Crippen LogP contribution in [0.15, 0.2) is 36.4 Å². The summed E-state index contributed by atoms with van der Waals surface area (Å²) >= 11 is 0. The van der Waals surface area contributed by atoms with Crippen molar-refractivity contribution in [1.29, 1.82) is 0 Å². The van der Waals surface area contributed by atoms with E-state index >= 15 is 0 Å². The van der Waals surface area contributed by atoms with E-state index in [2.05, 4.69) is 10.0 Å². The highest BCUT2D eigenvalue weighted by atomic mass is 32.2. The van der Waals surface area contributed by atoms with Crippen molar-refractivity contribution < 1.29 is 60.8 Å². The molecule has 0 fully saturated rings. The number of anilines is 1. The quantitative estimate of drug-likeness (QED) is 0.156.